The quantitative estimate of drug-likeness (QED) is 0.215. The molecule has 220 valence electrons. The van der Waals surface area contributed by atoms with E-state index in [1.165, 1.54) is 41.4 Å². The van der Waals surface area contributed by atoms with Gasteiger partial charge in [0.05, 0.1) is 6.07 Å². The van der Waals surface area contributed by atoms with Crippen LogP contribution in [0.4, 0.5) is 16.2 Å². The van der Waals surface area contributed by atoms with Crippen LogP contribution >= 0.6 is 0 Å². The number of piperidine rings is 1. The van der Waals surface area contributed by atoms with Crippen LogP contribution < -0.4 is 19.7 Å². The number of carbonyl (C=O) groups is 1. The lowest BCUT2D eigenvalue weighted by molar-refractivity contribution is 0.0240. The van der Waals surface area contributed by atoms with Gasteiger partial charge in [-0.15, -0.1) is 0 Å². The van der Waals surface area contributed by atoms with Gasteiger partial charge in [-0.1, -0.05) is 12.1 Å². The zero-order valence-corrected chi connectivity index (χ0v) is 25.7. The highest BCUT2D eigenvalue weighted by Crippen LogP contribution is 2.41. The van der Waals surface area contributed by atoms with Crippen molar-refractivity contribution in [1.29, 1.82) is 0 Å². The van der Waals surface area contributed by atoms with Gasteiger partial charge >= 0.3 is 6.09 Å². The molecule has 7 heteroatoms. The van der Waals surface area contributed by atoms with E-state index in [1.807, 2.05) is 20.8 Å². The van der Waals surface area contributed by atoms with Gasteiger partial charge in [0, 0.05) is 93.1 Å². The van der Waals surface area contributed by atoms with Crippen molar-refractivity contribution in [2.45, 2.75) is 45.6 Å². The number of amides is 1. The van der Waals surface area contributed by atoms with E-state index in [0.29, 0.717) is 13.1 Å². The van der Waals surface area contributed by atoms with Crippen LogP contribution in [0.25, 0.3) is 33.4 Å². The summed E-state index contributed by atoms with van der Waals surface area (Å²) in [5.74, 6) is 0.907. The Balaban J connectivity index is 1.40. The Morgan fingerprint density at radius 1 is 0.881 bits per heavy atom. The summed E-state index contributed by atoms with van der Waals surface area (Å²) in [5, 5.41) is 2.33. The van der Waals surface area contributed by atoms with Crippen LogP contribution in [0.15, 0.2) is 65.1 Å². The van der Waals surface area contributed by atoms with E-state index in [0.717, 1.165) is 54.2 Å². The first kappa shape index (κ1) is 28.1. The maximum atomic E-state index is 12.6. The number of anilines is 2. The molecule has 0 aromatic heterocycles. The Hall–Kier alpha value is -4.00. The molecule has 42 heavy (non-hydrogen) atoms. The average molecular weight is 568 g/mol. The Morgan fingerprint density at radius 2 is 1.60 bits per heavy atom. The molecule has 6 rings (SSSR count). The summed E-state index contributed by atoms with van der Waals surface area (Å²) in [6.45, 7) is 10.7. The summed E-state index contributed by atoms with van der Waals surface area (Å²) < 4.78 is 14.8. The lowest BCUT2D eigenvalue weighted by Gasteiger charge is -2.36. The molecule has 0 radical (unpaired) electrons. The van der Waals surface area contributed by atoms with Gasteiger partial charge in [-0.05, 0) is 63.1 Å². The Bertz CT molecular complexity index is 1620. The maximum absolute atomic E-state index is 12.6. The topological polar surface area (TPSA) is 52.2 Å². The number of benzene rings is 3. The number of piperazine rings is 1. The van der Waals surface area contributed by atoms with Crippen LogP contribution in [0.5, 0.6) is 0 Å². The molecule has 0 N–H and O–H groups in total. The van der Waals surface area contributed by atoms with E-state index in [4.69, 9.17) is 9.15 Å². The minimum absolute atomic E-state index is 0.239. The first-order chi connectivity index (χ1) is 20.2. The molecule has 0 unspecified atom stereocenters. The number of nitrogens with zero attached hydrogens (tertiary/aromatic N) is 4. The van der Waals surface area contributed by atoms with Crippen molar-refractivity contribution in [2.24, 2.45) is 0 Å². The smallest absolute Gasteiger partial charge is 0.410 e. The molecule has 2 fully saturated rings. The zero-order valence-electron chi connectivity index (χ0n) is 25.7. The van der Waals surface area contributed by atoms with Gasteiger partial charge in [-0.25, -0.2) is 9.37 Å². The van der Waals surface area contributed by atoms with Gasteiger partial charge in [-0.2, -0.15) is 0 Å². The summed E-state index contributed by atoms with van der Waals surface area (Å²) in [6, 6.07) is 22.1. The van der Waals surface area contributed by atoms with Crippen LogP contribution in [0.3, 0.4) is 0 Å². The summed E-state index contributed by atoms with van der Waals surface area (Å²) in [7, 11) is 4.14. The van der Waals surface area contributed by atoms with Crippen molar-refractivity contribution in [3.05, 3.63) is 66.0 Å². The predicted octanol–water partition coefficient (Wildman–Crippen LogP) is 6.28. The Morgan fingerprint density at radius 3 is 2.26 bits per heavy atom. The molecule has 1 amide bonds. The second kappa shape index (κ2) is 11.3. The third kappa shape index (κ3) is 5.83. The maximum Gasteiger partial charge on any atom is 0.410 e. The molecule has 0 spiro atoms. The van der Waals surface area contributed by atoms with Crippen molar-refractivity contribution in [1.82, 2.24) is 9.48 Å². The fraction of sp³-hybridized carbons (Fsp3) is 0.429. The molecule has 0 saturated carbocycles. The van der Waals surface area contributed by atoms with E-state index in [2.05, 4.69) is 89.1 Å². The fourth-order valence-electron chi connectivity index (χ4n) is 6.12. The normalized spacial score (nSPS) is 16.3. The summed E-state index contributed by atoms with van der Waals surface area (Å²) in [5.41, 5.74) is 6.16. The van der Waals surface area contributed by atoms with E-state index >= 15 is 0 Å². The van der Waals surface area contributed by atoms with Gasteiger partial charge < -0.3 is 23.9 Å². The van der Waals surface area contributed by atoms with Crippen molar-refractivity contribution >= 4 is 28.4 Å². The number of rotatable bonds is 3. The minimum Gasteiger partial charge on any atom is -0.456 e. The molecule has 7 nitrogen and oxygen atoms in total. The summed E-state index contributed by atoms with van der Waals surface area (Å²) in [6.07, 6.45) is 3.54. The van der Waals surface area contributed by atoms with Gasteiger partial charge in [0.2, 0.25) is 5.36 Å². The van der Waals surface area contributed by atoms with E-state index in [9.17, 15) is 4.79 Å². The third-order valence-corrected chi connectivity index (χ3v) is 8.38. The van der Waals surface area contributed by atoms with E-state index in [-0.39, 0.29) is 6.09 Å². The monoisotopic (exact) mass is 567 g/mol. The molecule has 1 aliphatic carbocycles. The molecule has 0 atom stereocenters. The SMILES string of the molecule is CN(C)c1ccc(-c2c3ccc(=[N+]4CCCCC4)cc-3oc3cc(N4CCN(C(=O)OC(C)(C)C)CC4)ccc23)cc1. The molecule has 3 heterocycles. The van der Waals surface area contributed by atoms with E-state index in [1.54, 1.807) is 4.90 Å². The second-order valence-electron chi connectivity index (χ2n) is 12.8. The molecule has 2 aromatic rings. The first-order valence-electron chi connectivity index (χ1n) is 15.3. The average Bonchev–Trinajstić information content (AvgIpc) is 2.99. The number of hydrogen-bond donors (Lipinski definition) is 0. The highest BCUT2D eigenvalue weighted by Gasteiger charge is 2.27. The molecular formula is C35H43N4O3+. The highest BCUT2D eigenvalue weighted by atomic mass is 16.6. The molecule has 0 bridgehead atoms. The molecule has 2 aromatic carbocycles. The standard InChI is InChI=1S/C35H43N4O3/c1-35(2,3)42-34(40)39-21-19-38(20-22-39)28-14-16-30-32(24-28)41-31-23-27(37-17-7-6-8-18-37)13-15-29(31)33(30)25-9-11-26(12-10-25)36(4)5/h9-16,23-24H,6-8,17-22H2,1-5H3/q+1. The van der Waals surface area contributed by atoms with Crippen LogP contribution in [-0.4, -0.2) is 70.0 Å². The molecule has 2 saturated heterocycles. The first-order valence-corrected chi connectivity index (χ1v) is 15.3. The van der Waals surface area contributed by atoms with Crippen molar-refractivity contribution in [3.63, 3.8) is 0 Å². The summed E-state index contributed by atoms with van der Waals surface area (Å²) >= 11 is 0. The minimum atomic E-state index is -0.491. The number of fused-ring (bicyclic) bond motifs is 2. The van der Waals surface area contributed by atoms with Crippen molar-refractivity contribution < 1.29 is 13.9 Å². The van der Waals surface area contributed by atoms with Crippen LogP contribution in [0.1, 0.15) is 40.0 Å². The van der Waals surface area contributed by atoms with Gasteiger partial charge in [0.1, 0.15) is 30.0 Å². The zero-order chi connectivity index (χ0) is 29.4. The molecule has 3 aliphatic heterocycles. The van der Waals surface area contributed by atoms with Gasteiger partial charge in [-0.3, -0.25) is 0 Å². The van der Waals surface area contributed by atoms with Crippen LogP contribution in [0.2, 0.25) is 0 Å². The number of ether oxygens (including phenoxy) is 1. The van der Waals surface area contributed by atoms with Crippen LogP contribution in [-0.2, 0) is 4.74 Å². The van der Waals surface area contributed by atoms with E-state index < -0.39 is 5.60 Å². The molecule has 4 aliphatic rings. The lowest BCUT2D eigenvalue weighted by atomic mass is 9.93. The fourth-order valence-corrected chi connectivity index (χ4v) is 6.12. The summed E-state index contributed by atoms with van der Waals surface area (Å²) in [4.78, 5) is 18.9. The van der Waals surface area contributed by atoms with Gasteiger partial charge in [0.25, 0.3) is 0 Å². The third-order valence-electron chi connectivity index (χ3n) is 8.38. The van der Waals surface area contributed by atoms with Crippen molar-refractivity contribution in [3.8, 4) is 22.5 Å². The second-order valence-corrected chi connectivity index (χ2v) is 12.8. The lowest BCUT2D eigenvalue weighted by Crippen LogP contribution is -2.50. The van der Waals surface area contributed by atoms with Crippen molar-refractivity contribution in [2.75, 3.05) is 63.2 Å². The number of hydrogen-bond acceptors (Lipinski definition) is 5. The van der Waals surface area contributed by atoms with Crippen LogP contribution in [0, 0.1) is 0 Å². The number of carbonyl (C=O) groups excluding carboxylic acids is 1. The largest absolute Gasteiger partial charge is 0.456 e. The Labute approximate surface area is 248 Å². The highest BCUT2D eigenvalue weighted by molar-refractivity contribution is 6.02. The Kier molecular flexibility index (Phi) is 7.60. The predicted molar refractivity (Wildman–Crippen MR) is 171 cm³/mol. The van der Waals surface area contributed by atoms with Gasteiger partial charge in [0.15, 0.2) is 0 Å². The molecular weight excluding hydrogens is 524 g/mol.